The van der Waals surface area contributed by atoms with Crippen LogP contribution in [0.4, 0.5) is 0 Å². The van der Waals surface area contributed by atoms with Gasteiger partial charge in [0, 0.05) is 0 Å². The van der Waals surface area contributed by atoms with Gasteiger partial charge in [-0.1, -0.05) is 154 Å². The van der Waals surface area contributed by atoms with Gasteiger partial charge < -0.3 is 70.1 Å². The van der Waals surface area contributed by atoms with E-state index in [4.69, 9.17) is 86.6 Å². The first-order chi connectivity index (χ1) is 61.2. The van der Waals surface area contributed by atoms with Gasteiger partial charge in [0.05, 0.1) is 147 Å². The number of carbonyl (C=O) groups excluding carboxylic acids is 10. The Balaban J connectivity index is 0.000000223. The van der Waals surface area contributed by atoms with Crippen LogP contribution in [0.1, 0.15) is 200 Å². The summed E-state index contributed by atoms with van der Waals surface area (Å²) in [7, 11) is 5.46. The van der Waals surface area contributed by atoms with Crippen LogP contribution in [0.5, 0.6) is 28.7 Å². The van der Waals surface area contributed by atoms with Gasteiger partial charge in [-0.25, -0.2) is 70.9 Å². The number of rotatable bonds is 35. The zero-order chi connectivity index (χ0) is 95.9. The minimum atomic E-state index is -4.51. The van der Waals surface area contributed by atoms with E-state index >= 15 is 0 Å². The van der Waals surface area contributed by atoms with Crippen LogP contribution in [0.25, 0.3) is 0 Å². The van der Waals surface area contributed by atoms with Crippen molar-refractivity contribution in [3.8, 4) is 28.7 Å². The molecule has 45 heteroatoms. The number of esters is 10. The normalized spacial score (nSPS) is 17.0. The van der Waals surface area contributed by atoms with Crippen LogP contribution >= 0.6 is 0 Å². The molecule has 10 radical (unpaired) electrons. The van der Waals surface area contributed by atoms with Gasteiger partial charge in [-0.2, -0.15) is 0 Å². The summed E-state index contributed by atoms with van der Waals surface area (Å²) in [5, 5.41) is 0. The Morgan fingerprint density at radius 3 is 0.854 bits per heavy atom. The van der Waals surface area contributed by atoms with Crippen LogP contribution in [0.2, 0.25) is 0 Å². The van der Waals surface area contributed by atoms with Crippen LogP contribution < -0.4 is 23.7 Å². The molecule has 0 heterocycles. The lowest BCUT2D eigenvalue weighted by Gasteiger charge is -2.55. The summed E-state index contributed by atoms with van der Waals surface area (Å²) >= 11 is 0. The molecule has 130 heavy (non-hydrogen) atoms. The topological polar surface area (TPSA) is 549 Å². The lowest BCUT2D eigenvalue weighted by molar-refractivity contribution is -0.161. The molecule has 692 valence electrons. The molecular formula is C85H92B5O35S5-5. The van der Waals surface area contributed by atoms with E-state index in [0.717, 1.165) is 77.0 Å². The number of carbonyl (C=O) groups is 10. The van der Waals surface area contributed by atoms with Crippen molar-refractivity contribution in [2.45, 2.75) is 142 Å². The first-order valence-electron chi connectivity index (χ1n) is 41.0. The molecule has 6 aliphatic carbocycles. The minimum Gasteiger partial charge on any atom is -0.748 e. The van der Waals surface area contributed by atoms with Gasteiger partial charge in [0.25, 0.3) is 0 Å². The Kier molecular flexibility index (Phi) is 41.1. The van der Waals surface area contributed by atoms with Gasteiger partial charge >= 0.3 is 59.7 Å². The molecule has 6 aromatic carbocycles. The van der Waals surface area contributed by atoms with E-state index in [-0.39, 0.29) is 112 Å². The third kappa shape index (κ3) is 35.9. The maximum Gasteiger partial charge on any atom is 0.343 e. The van der Waals surface area contributed by atoms with E-state index in [1.807, 2.05) is 0 Å². The molecule has 0 saturated heterocycles. The second kappa shape index (κ2) is 49.9. The second-order valence-electron chi connectivity index (χ2n) is 31.2. The van der Waals surface area contributed by atoms with Crippen molar-refractivity contribution in [1.29, 1.82) is 0 Å². The van der Waals surface area contributed by atoms with E-state index in [1.54, 1.807) is 80.6 Å². The highest BCUT2D eigenvalue weighted by molar-refractivity contribution is 7.86. The van der Waals surface area contributed by atoms with Crippen LogP contribution in [-0.4, -0.2) is 226 Å². The minimum absolute atomic E-state index is 0.00794. The van der Waals surface area contributed by atoms with Gasteiger partial charge in [0.1, 0.15) is 89.6 Å². The Morgan fingerprint density at radius 1 is 0.338 bits per heavy atom. The Bertz CT molecular complexity index is 5570. The Labute approximate surface area is 760 Å². The summed E-state index contributed by atoms with van der Waals surface area (Å²) in [6.07, 6.45) is 14.9. The van der Waals surface area contributed by atoms with Gasteiger partial charge in [-0.15, -0.1) is 0 Å². The zero-order valence-electron chi connectivity index (χ0n) is 70.9. The molecule has 6 saturated carbocycles. The summed E-state index contributed by atoms with van der Waals surface area (Å²) in [5.41, 5.74) is 2.86. The molecule has 0 spiro atoms. The summed E-state index contributed by atoms with van der Waals surface area (Å²) in [5.74, 6) is -10.0. The lowest BCUT2D eigenvalue weighted by Crippen LogP contribution is -2.51. The summed E-state index contributed by atoms with van der Waals surface area (Å²) in [4.78, 5) is 123. The predicted molar refractivity (Wildman–Crippen MR) is 462 cm³/mol. The molecule has 6 aromatic rings. The van der Waals surface area contributed by atoms with E-state index in [9.17, 15) is 113 Å². The Morgan fingerprint density at radius 2 is 0.592 bits per heavy atom. The van der Waals surface area contributed by atoms with Crippen LogP contribution in [0, 0.1) is 40.9 Å². The molecule has 35 nitrogen and oxygen atoms in total. The third-order valence-corrected chi connectivity index (χ3v) is 24.3. The number of hydrogen-bond acceptors (Lipinski definition) is 35. The maximum atomic E-state index is 13.3. The maximum absolute atomic E-state index is 13.3. The number of benzene rings is 6. The summed E-state index contributed by atoms with van der Waals surface area (Å²) in [6.45, 7) is 0.374. The van der Waals surface area contributed by atoms with E-state index < -0.39 is 177 Å². The SMILES string of the molecule is [B]Cc1ccc(C(=O)OCCS(=O)(=O)[O-])c(OC(=O)C(C)C)c1.[B]Cc1ccc(C(=O)OCCS(=O)(=O)[O-])c(OC(=O)C23CC4CC(CC(C4)C2)C3)c1.[B]Cc1ccc(C(=O)OCCS(=O)(=O)[O-])c(OC(=O)C2CCCC2)c1.[B]Cc1ccc(C(=O)OCCS(=O)(=O)[O-])c(OC(=O)C2CCCCC2)c1.[B]Cc1ccc(C(=O)OCCS(=O)(=O)[O-])c(OC(=O)c2ccccc2)c1. The molecule has 0 aromatic heterocycles. The highest BCUT2D eigenvalue weighted by Crippen LogP contribution is 2.60. The molecule has 6 fully saturated rings. The van der Waals surface area contributed by atoms with Crippen molar-refractivity contribution in [1.82, 2.24) is 0 Å². The quantitative estimate of drug-likeness (QED) is 0.0130. The lowest BCUT2D eigenvalue weighted by atomic mass is 9.49. The molecule has 0 N–H and O–H groups in total. The van der Waals surface area contributed by atoms with Crippen molar-refractivity contribution < 1.29 is 160 Å². The van der Waals surface area contributed by atoms with E-state index in [0.29, 0.717) is 45.6 Å². The fourth-order valence-electron chi connectivity index (χ4n) is 14.7. The molecule has 4 bridgehead atoms. The highest BCUT2D eigenvalue weighted by atomic mass is 32.2. The van der Waals surface area contributed by atoms with E-state index in [1.165, 1.54) is 73.9 Å². The predicted octanol–water partition coefficient (Wildman–Crippen LogP) is 6.77. The average Bonchev–Trinajstić information content (AvgIpc) is 0.901. The standard InChI is InChI=1S/C21H25BO7S.C17H21BO7S.C17H15BO7S.C16H19BO7S.C14H17BO7S/c22-12-13-1-2-17(19(23)28-3-4-30(25,26)27)18(8-13)29-20(24)21-9-14-5-15(10-21)7-16(6-14)11-21;2*18-11-12-6-7-14(17(20)24-8-9-26(21,22)23)15(10-12)25-16(19)13-4-2-1-3-5-13;17-10-11-5-6-13(16(19)23-7-8-25(20,21)22)14(9-11)24-15(18)12-3-1-2-4-12;1-9(2)13(16)22-12-7-10(8-15)3-4-11(12)14(17)21-5-6-23(18,19)20/h1-2,8,14-16H,3-7,9-12H2,(H,25,26,27);6-7,10,13H,1-5,8-9,11H2,(H,21,22,23);1-7,10H,8-9,11H2,(H,21,22,23);5-6,9,12H,1-4,7-8,10H2,(H,20,21,22);3-4,7,9H,5-6,8H2,1-2H3,(H,18,19,20)/p-5. The van der Waals surface area contributed by atoms with Crippen molar-refractivity contribution in [3.05, 3.63) is 183 Å². The van der Waals surface area contributed by atoms with Crippen LogP contribution in [0.15, 0.2) is 121 Å². The van der Waals surface area contributed by atoms with Crippen molar-refractivity contribution in [2.24, 2.45) is 40.9 Å². The first kappa shape index (κ1) is 107. The molecular weight excluding hydrogens is 1800 g/mol. The molecule has 0 amide bonds. The average molecular weight is 1890 g/mol. The van der Waals surface area contributed by atoms with Gasteiger partial charge in [-0.05, 0) is 155 Å². The fraction of sp³-hybridized carbons (Fsp3) is 0.459. The smallest absolute Gasteiger partial charge is 0.343 e. The summed E-state index contributed by atoms with van der Waals surface area (Å²) < 4.78 is 210. The molecule has 12 rings (SSSR count). The van der Waals surface area contributed by atoms with Crippen molar-refractivity contribution in [3.63, 3.8) is 0 Å². The second-order valence-corrected chi connectivity index (χ2v) is 38.9. The summed E-state index contributed by atoms with van der Waals surface area (Å²) in [6, 6.07) is 30.3. The third-order valence-electron chi connectivity index (χ3n) is 21.0. The molecule has 0 atom stereocenters. The molecule has 0 aliphatic heterocycles. The fourth-order valence-corrected chi connectivity index (χ4v) is 16.2. The Hall–Kier alpha value is -10.1. The van der Waals surface area contributed by atoms with Crippen LogP contribution in [-0.2, 0) is 125 Å². The number of ether oxygens (including phenoxy) is 10. The van der Waals surface area contributed by atoms with E-state index in [2.05, 4.69) is 0 Å². The van der Waals surface area contributed by atoms with Gasteiger partial charge in [-0.3, -0.25) is 19.2 Å². The highest BCUT2D eigenvalue weighted by Gasteiger charge is 2.56. The molecule has 0 unspecified atom stereocenters. The monoisotopic (exact) mass is 1890 g/mol. The van der Waals surface area contributed by atoms with Gasteiger partial charge in [0.15, 0.2) is 0 Å². The van der Waals surface area contributed by atoms with Gasteiger partial charge in [0.2, 0.25) is 0 Å². The first-order valence-corrected chi connectivity index (χ1v) is 48.9. The molecule has 6 aliphatic rings. The number of hydrogen-bond donors (Lipinski definition) is 0. The largest absolute Gasteiger partial charge is 0.748 e. The van der Waals surface area contributed by atoms with Crippen molar-refractivity contribution in [2.75, 3.05) is 61.8 Å². The zero-order valence-corrected chi connectivity index (χ0v) is 75.0. The van der Waals surface area contributed by atoms with Crippen LogP contribution in [0.3, 0.4) is 0 Å². The van der Waals surface area contributed by atoms with Crippen molar-refractivity contribution >= 4 is 150 Å².